The van der Waals surface area contributed by atoms with Gasteiger partial charge in [0.25, 0.3) is 0 Å². The van der Waals surface area contributed by atoms with Crippen LogP contribution in [0.2, 0.25) is 0 Å². The van der Waals surface area contributed by atoms with E-state index in [0.717, 1.165) is 18.5 Å². The minimum Gasteiger partial charge on any atom is -0.314 e. The van der Waals surface area contributed by atoms with E-state index in [4.69, 9.17) is 0 Å². The molecular formula is C13H27N. The maximum atomic E-state index is 3.57. The average Bonchev–Trinajstić information content (AvgIpc) is 2.06. The summed E-state index contributed by atoms with van der Waals surface area (Å²) in [5.41, 5.74) is 0.524. The van der Waals surface area contributed by atoms with Gasteiger partial charge in [0.2, 0.25) is 0 Å². The van der Waals surface area contributed by atoms with Crippen LogP contribution in [0.1, 0.15) is 59.8 Å². The zero-order valence-electron chi connectivity index (χ0n) is 10.4. The third-order valence-electron chi connectivity index (χ3n) is 3.24. The molecule has 1 saturated carbocycles. The molecule has 84 valence electrons. The van der Waals surface area contributed by atoms with Crippen LogP contribution in [0, 0.1) is 11.3 Å². The average molecular weight is 197 g/mol. The van der Waals surface area contributed by atoms with Crippen molar-refractivity contribution >= 4 is 0 Å². The lowest BCUT2D eigenvalue weighted by atomic mass is 9.76. The Hall–Kier alpha value is -0.0400. The standard InChI is InChI=1S/C13H27N/c1-5-14-12-8-6-11(7-9-12)10-13(2,3)4/h11-12,14H,5-10H2,1-4H3. The summed E-state index contributed by atoms with van der Waals surface area (Å²) in [6.07, 6.45) is 7.08. The van der Waals surface area contributed by atoms with Crippen molar-refractivity contribution in [1.29, 1.82) is 0 Å². The van der Waals surface area contributed by atoms with Gasteiger partial charge in [0.05, 0.1) is 0 Å². The van der Waals surface area contributed by atoms with E-state index in [0.29, 0.717) is 5.41 Å². The molecule has 0 amide bonds. The van der Waals surface area contributed by atoms with Crippen LogP contribution in [-0.2, 0) is 0 Å². The second-order valence-corrected chi connectivity index (χ2v) is 6.04. The first-order chi connectivity index (χ1) is 6.51. The molecule has 1 N–H and O–H groups in total. The molecule has 0 spiro atoms. The normalized spacial score (nSPS) is 29.1. The molecule has 1 heteroatoms. The molecule has 0 aromatic rings. The lowest BCUT2D eigenvalue weighted by molar-refractivity contribution is 0.216. The van der Waals surface area contributed by atoms with E-state index in [9.17, 15) is 0 Å². The minimum absolute atomic E-state index is 0.524. The van der Waals surface area contributed by atoms with Crippen molar-refractivity contribution < 1.29 is 0 Å². The quantitative estimate of drug-likeness (QED) is 0.729. The minimum atomic E-state index is 0.524. The number of nitrogens with one attached hydrogen (secondary N) is 1. The lowest BCUT2D eigenvalue weighted by Gasteiger charge is -2.32. The van der Waals surface area contributed by atoms with E-state index >= 15 is 0 Å². The topological polar surface area (TPSA) is 12.0 Å². The Labute approximate surface area is 89.7 Å². The van der Waals surface area contributed by atoms with Crippen LogP contribution in [0.15, 0.2) is 0 Å². The molecule has 0 aliphatic heterocycles. The molecule has 1 fully saturated rings. The lowest BCUT2D eigenvalue weighted by Crippen LogP contribution is -2.33. The largest absolute Gasteiger partial charge is 0.314 e. The maximum absolute atomic E-state index is 3.57. The molecule has 1 rings (SSSR count). The van der Waals surface area contributed by atoms with Crippen LogP contribution in [0.25, 0.3) is 0 Å². The molecule has 0 aromatic carbocycles. The number of rotatable bonds is 3. The van der Waals surface area contributed by atoms with Gasteiger partial charge in [-0.15, -0.1) is 0 Å². The van der Waals surface area contributed by atoms with Crippen LogP contribution in [-0.4, -0.2) is 12.6 Å². The summed E-state index contributed by atoms with van der Waals surface area (Å²) in [6, 6.07) is 0.816. The van der Waals surface area contributed by atoms with Crippen LogP contribution in [0.4, 0.5) is 0 Å². The van der Waals surface area contributed by atoms with Gasteiger partial charge in [-0.3, -0.25) is 0 Å². The van der Waals surface area contributed by atoms with Crippen molar-refractivity contribution in [2.45, 2.75) is 65.8 Å². The van der Waals surface area contributed by atoms with Gasteiger partial charge < -0.3 is 5.32 Å². The highest BCUT2D eigenvalue weighted by Gasteiger charge is 2.24. The highest BCUT2D eigenvalue weighted by atomic mass is 14.9. The summed E-state index contributed by atoms with van der Waals surface area (Å²) in [7, 11) is 0. The summed E-state index contributed by atoms with van der Waals surface area (Å²) in [4.78, 5) is 0. The Kier molecular flexibility index (Phi) is 4.43. The first-order valence-corrected chi connectivity index (χ1v) is 6.24. The van der Waals surface area contributed by atoms with Gasteiger partial charge in [0, 0.05) is 6.04 Å². The van der Waals surface area contributed by atoms with E-state index in [-0.39, 0.29) is 0 Å². The van der Waals surface area contributed by atoms with Crippen molar-refractivity contribution in [2.24, 2.45) is 11.3 Å². The first kappa shape index (κ1) is 12.0. The fourth-order valence-electron chi connectivity index (χ4n) is 2.73. The van der Waals surface area contributed by atoms with Crippen molar-refractivity contribution in [3.8, 4) is 0 Å². The van der Waals surface area contributed by atoms with Gasteiger partial charge in [0.1, 0.15) is 0 Å². The Balaban J connectivity index is 2.22. The molecule has 1 aliphatic rings. The summed E-state index contributed by atoms with van der Waals surface area (Å²) < 4.78 is 0. The first-order valence-electron chi connectivity index (χ1n) is 6.24. The van der Waals surface area contributed by atoms with Crippen LogP contribution in [0.5, 0.6) is 0 Å². The molecule has 1 nitrogen and oxygen atoms in total. The van der Waals surface area contributed by atoms with Gasteiger partial charge in [-0.2, -0.15) is 0 Å². The van der Waals surface area contributed by atoms with Crippen LogP contribution in [0.3, 0.4) is 0 Å². The zero-order chi connectivity index (χ0) is 10.6. The fourth-order valence-corrected chi connectivity index (χ4v) is 2.73. The van der Waals surface area contributed by atoms with Crippen LogP contribution < -0.4 is 5.32 Å². The van der Waals surface area contributed by atoms with E-state index in [2.05, 4.69) is 33.0 Å². The van der Waals surface area contributed by atoms with Gasteiger partial charge >= 0.3 is 0 Å². The van der Waals surface area contributed by atoms with Crippen molar-refractivity contribution in [3.63, 3.8) is 0 Å². The fraction of sp³-hybridized carbons (Fsp3) is 1.00. The summed E-state index contributed by atoms with van der Waals surface area (Å²) in [6.45, 7) is 10.4. The molecule has 0 unspecified atom stereocenters. The Morgan fingerprint density at radius 2 is 1.64 bits per heavy atom. The number of hydrogen-bond donors (Lipinski definition) is 1. The third kappa shape index (κ3) is 4.45. The monoisotopic (exact) mass is 197 g/mol. The predicted molar refractivity (Wildman–Crippen MR) is 63.5 cm³/mol. The molecule has 0 saturated heterocycles. The van der Waals surface area contributed by atoms with E-state index in [1.165, 1.54) is 32.1 Å². The maximum Gasteiger partial charge on any atom is 0.00671 e. The van der Waals surface area contributed by atoms with Gasteiger partial charge in [-0.1, -0.05) is 27.7 Å². The summed E-state index contributed by atoms with van der Waals surface area (Å²) >= 11 is 0. The van der Waals surface area contributed by atoms with Gasteiger partial charge in [-0.05, 0) is 50.0 Å². The molecule has 0 atom stereocenters. The summed E-state index contributed by atoms with van der Waals surface area (Å²) in [5, 5.41) is 3.57. The predicted octanol–water partition coefficient (Wildman–Crippen LogP) is 3.59. The van der Waals surface area contributed by atoms with E-state index < -0.39 is 0 Å². The molecule has 0 aromatic heterocycles. The second-order valence-electron chi connectivity index (χ2n) is 6.04. The van der Waals surface area contributed by atoms with Crippen molar-refractivity contribution in [3.05, 3.63) is 0 Å². The smallest absolute Gasteiger partial charge is 0.00671 e. The Morgan fingerprint density at radius 1 is 1.07 bits per heavy atom. The summed E-state index contributed by atoms with van der Waals surface area (Å²) in [5.74, 6) is 0.991. The third-order valence-corrected chi connectivity index (χ3v) is 3.24. The highest BCUT2D eigenvalue weighted by Crippen LogP contribution is 2.34. The van der Waals surface area contributed by atoms with Crippen molar-refractivity contribution in [1.82, 2.24) is 5.32 Å². The molecule has 1 aliphatic carbocycles. The second kappa shape index (κ2) is 5.16. The van der Waals surface area contributed by atoms with Gasteiger partial charge in [-0.25, -0.2) is 0 Å². The van der Waals surface area contributed by atoms with E-state index in [1.54, 1.807) is 0 Å². The Bertz CT molecular complexity index is 149. The SMILES string of the molecule is CCNC1CCC(CC(C)(C)C)CC1. The van der Waals surface area contributed by atoms with Crippen LogP contribution >= 0.6 is 0 Å². The molecular weight excluding hydrogens is 170 g/mol. The molecule has 0 bridgehead atoms. The number of hydrogen-bond acceptors (Lipinski definition) is 1. The van der Waals surface area contributed by atoms with E-state index in [1.807, 2.05) is 0 Å². The van der Waals surface area contributed by atoms with Crippen molar-refractivity contribution in [2.75, 3.05) is 6.54 Å². The Morgan fingerprint density at radius 3 is 2.07 bits per heavy atom. The molecule has 14 heavy (non-hydrogen) atoms. The highest BCUT2D eigenvalue weighted by molar-refractivity contribution is 4.79. The molecule has 0 radical (unpaired) electrons. The molecule has 0 heterocycles. The van der Waals surface area contributed by atoms with Gasteiger partial charge in [0.15, 0.2) is 0 Å². The zero-order valence-corrected chi connectivity index (χ0v) is 10.4.